The Morgan fingerprint density at radius 2 is 1.90 bits per heavy atom. The zero-order chi connectivity index (χ0) is 14.5. The first-order chi connectivity index (χ1) is 9.71. The first-order valence-electron chi connectivity index (χ1n) is 6.70. The van der Waals surface area contributed by atoms with Crippen LogP contribution in [0.1, 0.15) is 30.5 Å². The van der Waals surface area contributed by atoms with Crippen molar-refractivity contribution in [3.8, 4) is 11.5 Å². The molecule has 0 bridgehead atoms. The molecule has 2 rings (SSSR count). The number of ether oxygens (including phenoxy) is 2. The molecule has 1 unspecified atom stereocenters. The van der Waals surface area contributed by atoms with Gasteiger partial charge < -0.3 is 15.2 Å². The van der Waals surface area contributed by atoms with Gasteiger partial charge in [-0.15, -0.1) is 0 Å². The van der Waals surface area contributed by atoms with Gasteiger partial charge in [0.1, 0.15) is 11.5 Å². The Balaban J connectivity index is 2.38. The molecule has 5 nitrogen and oxygen atoms in total. The van der Waals surface area contributed by atoms with Gasteiger partial charge in [-0.25, -0.2) is 0 Å². The maximum absolute atomic E-state index is 6.37. The van der Waals surface area contributed by atoms with Crippen LogP contribution in [-0.4, -0.2) is 24.0 Å². The molecular weight excluding hydrogens is 254 g/mol. The summed E-state index contributed by atoms with van der Waals surface area (Å²) in [4.78, 5) is 0. The van der Waals surface area contributed by atoms with Crippen LogP contribution < -0.4 is 15.2 Å². The molecule has 0 amide bonds. The number of hydrogen-bond donors (Lipinski definition) is 1. The number of aromatic nitrogens is 2. The fourth-order valence-electron chi connectivity index (χ4n) is 2.24. The zero-order valence-electron chi connectivity index (χ0n) is 12.2. The maximum atomic E-state index is 6.37. The third-order valence-electron chi connectivity index (χ3n) is 3.24. The lowest BCUT2D eigenvalue weighted by Crippen LogP contribution is -2.14. The summed E-state index contributed by atoms with van der Waals surface area (Å²) in [5, 5.41) is 4.32. The second-order valence-corrected chi connectivity index (χ2v) is 4.59. The van der Waals surface area contributed by atoms with E-state index < -0.39 is 0 Å². The normalized spacial score (nSPS) is 12.2. The molecule has 0 aliphatic heterocycles. The minimum Gasteiger partial charge on any atom is -0.496 e. The van der Waals surface area contributed by atoms with Gasteiger partial charge in [0.25, 0.3) is 0 Å². The van der Waals surface area contributed by atoms with Gasteiger partial charge >= 0.3 is 0 Å². The summed E-state index contributed by atoms with van der Waals surface area (Å²) in [5.74, 6) is 1.44. The summed E-state index contributed by atoms with van der Waals surface area (Å²) in [6.45, 7) is 3.00. The Bertz CT molecular complexity index is 544. The van der Waals surface area contributed by atoms with E-state index in [4.69, 9.17) is 15.2 Å². The molecule has 1 heterocycles. The van der Waals surface area contributed by atoms with Crippen molar-refractivity contribution in [3.63, 3.8) is 0 Å². The van der Waals surface area contributed by atoms with Gasteiger partial charge in [0.2, 0.25) is 0 Å². The van der Waals surface area contributed by atoms with Crippen molar-refractivity contribution in [2.24, 2.45) is 5.73 Å². The summed E-state index contributed by atoms with van der Waals surface area (Å²) < 4.78 is 12.7. The summed E-state index contributed by atoms with van der Waals surface area (Å²) >= 11 is 0. The van der Waals surface area contributed by atoms with Crippen LogP contribution in [-0.2, 0) is 6.54 Å². The maximum Gasteiger partial charge on any atom is 0.127 e. The molecular formula is C15H21N3O2. The first-order valence-corrected chi connectivity index (χ1v) is 6.70. The number of nitrogens with zero attached hydrogens (tertiary/aromatic N) is 2. The van der Waals surface area contributed by atoms with Gasteiger partial charge in [-0.1, -0.05) is 13.0 Å². The molecule has 1 atom stereocenters. The molecule has 108 valence electrons. The first kappa shape index (κ1) is 14.4. The van der Waals surface area contributed by atoms with Gasteiger partial charge in [0, 0.05) is 18.3 Å². The van der Waals surface area contributed by atoms with Crippen molar-refractivity contribution in [2.75, 3.05) is 14.2 Å². The van der Waals surface area contributed by atoms with Gasteiger partial charge in [-0.2, -0.15) is 5.10 Å². The van der Waals surface area contributed by atoms with Crippen LogP contribution in [0.3, 0.4) is 0 Å². The van der Waals surface area contributed by atoms with E-state index in [1.54, 1.807) is 20.4 Å². The summed E-state index contributed by atoms with van der Waals surface area (Å²) in [7, 11) is 3.26. The minimum atomic E-state index is -0.327. The van der Waals surface area contributed by atoms with Crippen LogP contribution in [0.4, 0.5) is 0 Å². The molecule has 0 spiro atoms. The second-order valence-electron chi connectivity index (χ2n) is 4.59. The van der Waals surface area contributed by atoms with Crippen LogP contribution in [0.2, 0.25) is 0 Å². The molecule has 1 aromatic carbocycles. The number of aryl methyl sites for hydroxylation is 1. The smallest absolute Gasteiger partial charge is 0.127 e. The van der Waals surface area contributed by atoms with E-state index in [0.717, 1.165) is 35.6 Å². The van der Waals surface area contributed by atoms with Crippen LogP contribution in [0.5, 0.6) is 11.5 Å². The lowest BCUT2D eigenvalue weighted by molar-refractivity contribution is 0.382. The van der Waals surface area contributed by atoms with Crippen molar-refractivity contribution in [2.45, 2.75) is 25.9 Å². The average Bonchev–Trinajstić information content (AvgIpc) is 2.94. The molecule has 1 aromatic heterocycles. The van der Waals surface area contributed by atoms with Crippen molar-refractivity contribution >= 4 is 0 Å². The molecule has 0 radical (unpaired) electrons. The van der Waals surface area contributed by atoms with E-state index in [1.165, 1.54) is 0 Å². The number of methoxy groups -OCH3 is 2. The van der Waals surface area contributed by atoms with E-state index in [-0.39, 0.29) is 6.04 Å². The van der Waals surface area contributed by atoms with E-state index in [9.17, 15) is 0 Å². The van der Waals surface area contributed by atoms with E-state index in [2.05, 4.69) is 12.0 Å². The monoisotopic (exact) mass is 275 g/mol. The Labute approximate surface area is 119 Å². The predicted octanol–water partition coefficient (Wildman–Crippen LogP) is 2.36. The molecule has 2 N–H and O–H groups in total. The average molecular weight is 275 g/mol. The van der Waals surface area contributed by atoms with Gasteiger partial charge in [-0.3, -0.25) is 4.68 Å². The van der Waals surface area contributed by atoms with Crippen LogP contribution in [0.25, 0.3) is 0 Å². The molecule has 0 aliphatic rings. The standard InChI is InChI=1S/C15H21N3O2/c1-4-8-18-10-11(9-17-18)15(16)14-12(19-2)6-5-7-13(14)20-3/h5-7,9-10,15H,4,8,16H2,1-3H3. The van der Waals surface area contributed by atoms with E-state index in [0.29, 0.717) is 0 Å². The van der Waals surface area contributed by atoms with Crippen molar-refractivity contribution in [3.05, 3.63) is 41.7 Å². The molecule has 0 saturated heterocycles. The predicted molar refractivity (Wildman–Crippen MR) is 78.1 cm³/mol. The SMILES string of the molecule is CCCn1cc(C(N)c2c(OC)cccc2OC)cn1. The number of rotatable bonds is 6. The third-order valence-corrected chi connectivity index (χ3v) is 3.24. The van der Waals surface area contributed by atoms with Crippen molar-refractivity contribution in [1.29, 1.82) is 0 Å². The Morgan fingerprint density at radius 3 is 2.45 bits per heavy atom. The topological polar surface area (TPSA) is 62.3 Å². The Hall–Kier alpha value is -2.01. The van der Waals surface area contributed by atoms with Gasteiger partial charge in [0.05, 0.1) is 32.0 Å². The van der Waals surface area contributed by atoms with Gasteiger partial charge in [-0.05, 0) is 18.6 Å². The zero-order valence-corrected chi connectivity index (χ0v) is 12.2. The number of nitrogens with two attached hydrogens (primary N) is 1. The highest BCUT2D eigenvalue weighted by atomic mass is 16.5. The number of benzene rings is 1. The lowest BCUT2D eigenvalue weighted by atomic mass is 10.0. The Kier molecular flexibility index (Phi) is 4.63. The number of hydrogen-bond acceptors (Lipinski definition) is 4. The highest BCUT2D eigenvalue weighted by molar-refractivity contribution is 5.49. The quantitative estimate of drug-likeness (QED) is 0.879. The molecule has 0 fully saturated rings. The largest absolute Gasteiger partial charge is 0.496 e. The van der Waals surface area contributed by atoms with E-state index >= 15 is 0 Å². The van der Waals surface area contributed by atoms with Crippen LogP contribution >= 0.6 is 0 Å². The van der Waals surface area contributed by atoms with Crippen molar-refractivity contribution in [1.82, 2.24) is 9.78 Å². The van der Waals surface area contributed by atoms with Crippen molar-refractivity contribution < 1.29 is 9.47 Å². The van der Waals surface area contributed by atoms with Crippen LogP contribution in [0, 0.1) is 0 Å². The molecule has 0 saturated carbocycles. The highest BCUT2D eigenvalue weighted by Crippen LogP contribution is 2.35. The van der Waals surface area contributed by atoms with Gasteiger partial charge in [0.15, 0.2) is 0 Å². The molecule has 0 aliphatic carbocycles. The summed E-state index contributed by atoms with van der Waals surface area (Å²) in [6, 6.07) is 5.32. The third kappa shape index (κ3) is 2.77. The Morgan fingerprint density at radius 1 is 1.25 bits per heavy atom. The molecule has 20 heavy (non-hydrogen) atoms. The second kappa shape index (κ2) is 6.43. The fourth-order valence-corrected chi connectivity index (χ4v) is 2.24. The van der Waals surface area contributed by atoms with E-state index in [1.807, 2.05) is 29.1 Å². The molecule has 5 heteroatoms. The van der Waals surface area contributed by atoms with Crippen LogP contribution in [0.15, 0.2) is 30.6 Å². The highest BCUT2D eigenvalue weighted by Gasteiger charge is 2.20. The lowest BCUT2D eigenvalue weighted by Gasteiger charge is -2.17. The summed E-state index contributed by atoms with van der Waals surface area (Å²) in [6.07, 6.45) is 4.81. The fraction of sp³-hybridized carbons (Fsp3) is 0.400. The minimum absolute atomic E-state index is 0.327. The summed E-state index contributed by atoms with van der Waals surface area (Å²) in [5.41, 5.74) is 8.15. The molecule has 2 aromatic rings.